The summed E-state index contributed by atoms with van der Waals surface area (Å²) in [5, 5.41) is 11.0. The fourth-order valence-corrected chi connectivity index (χ4v) is 2.25. The van der Waals surface area contributed by atoms with Crippen molar-refractivity contribution in [3.05, 3.63) is 25.3 Å². The maximum absolute atomic E-state index is 12.2. The summed E-state index contributed by atoms with van der Waals surface area (Å²) in [6.07, 6.45) is 2.35. The predicted octanol–water partition coefficient (Wildman–Crippen LogP) is 0.275. The second-order valence-corrected chi connectivity index (χ2v) is 5.68. The molecule has 24 heavy (non-hydrogen) atoms. The number of carboxylic acid groups (broad SMARTS) is 1. The molecule has 8 nitrogen and oxygen atoms in total. The Hall–Kier alpha value is -2.29. The molecule has 0 unspecified atom stereocenters. The van der Waals surface area contributed by atoms with E-state index in [1.54, 1.807) is 6.92 Å². The van der Waals surface area contributed by atoms with Crippen molar-refractivity contribution < 1.29 is 24.3 Å². The number of nitrogens with zero attached hydrogens (tertiary/aromatic N) is 2. The summed E-state index contributed by atoms with van der Waals surface area (Å²) >= 11 is 1.15. The van der Waals surface area contributed by atoms with E-state index < -0.39 is 17.8 Å². The number of hydrogen-bond acceptors (Lipinski definition) is 5. The molecule has 0 radical (unpaired) electrons. The molecule has 0 spiro atoms. The number of hydrogen-bond donors (Lipinski definition) is 2. The van der Waals surface area contributed by atoms with Crippen LogP contribution in [-0.4, -0.2) is 70.0 Å². The molecule has 0 fully saturated rings. The fourth-order valence-electron chi connectivity index (χ4n) is 1.61. The SMILES string of the molecule is C=CC(=O)NCN(CN(CC)C(=O)CCSCC(=O)O)C(=O)C=C. The molecule has 0 atom stereocenters. The van der Waals surface area contributed by atoms with E-state index in [4.69, 9.17) is 5.11 Å². The van der Waals surface area contributed by atoms with Gasteiger partial charge in [-0.25, -0.2) is 0 Å². The molecule has 0 bridgehead atoms. The molecule has 0 heterocycles. The Morgan fingerprint density at radius 1 is 1.17 bits per heavy atom. The summed E-state index contributed by atoms with van der Waals surface area (Å²) in [6, 6.07) is 0. The summed E-state index contributed by atoms with van der Waals surface area (Å²) in [5.74, 6) is -1.67. The summed E-state index contributed by atoms with van der Waals surface area (Å²) in [6.45, 7) is 8.78. The molecular weight excluding hydrogens is 334 g/mol. The Morgan fingerprint density at radius 2 is 1.83 bits per heavy atom. The Kier molecular flexibility index (Phi) is 11.0. The normalized spacial score (nSPS) is 9.71. The van der Waals surface area contributed by atoms with E-state index in [-0.39, 0.29) is 31.4 Å². The van der Waals surface area contributed by atoms with E-state index in [9.17, 15) is 19.2 Å². The topological polar surface area (TPSA) is 107 Å². The predicted molar refractivity (Wildman–Crippen MR) is 92.1 cm³/mol. The van der Waals surface area contributed by atoms with Gasteiger partial charge >= 0.3 is 5.97 Å². The van der Waals surface area contributed by atoms with Crippen molar-refractivity contribution in [2.24, 2.45) is 0 Å². The van der Waals surface area contributed by atoms with Crippen LogP contribution in [-0.2, 0) is 19.2 Å². The zero-order chi connectivity index (χ0) is 18.5. The molecule has 0 aromatic rings. The van der Waals surface area contributed by atoms with Gasteiger partial charge in [-0.3, -0.25) is 19.2 Å². The lowest BCUT2D eigenvalue weighted by molar-refractivity contribution is -0.137. The van der Waals surface area contributed by atoms with Gasteiger partial charge in [0.25, 0.3) is 0 Å². The smallest absolute Gasteiger partial charge is 0.313 e. The fraction of sp³-hybridized carbons (Fsp3) is 0.467. The maximum Gasteiger partial charge on any atom is 0.313 e. The molecule has 134 valence electrons. The van der Waals surface area contributed by atoms with Crippen LogP contribution in [0.2, 0.25) is 0 Å². The highest BCUT2D eigenvalue weighted by Crippen LogP contribution is 2.06. The van der Waals surface area contributed by atoms with Crippen molar-refractivity contribution in [3.8, 4) is 0 Å². The highest BCUT2D eigenvalue weighted by molar-refractivity contribution is 7.99. The van der Waals surface area contributed by atoms with Crippen molar-refractivity contribution in [2.45, 2.75) is 13.3 Å². The quantitative estimate of drug-likeness (QED) is 0.295. The number of rotatable bonds is 12. The molecular formula is C15H23N3O5S. The minimum Gasteiger partial charge on any atom is -0.481 e. The lowest BCUT2D eigenvalue weighted by Crippen LogP contribution is -2.48. The molecule has 9 heteroatoms. The van der Waals surface area contributed by atoms with Gasteiger partial charge in [-0.2, -0.15) is 0 Å². The summed E-state index contributed by atoms with van der Waals surface area (Å²) in [4.78, 5) is 48.4. The number of carbonyl (C=O) groups excluding carboxylic acids is 3. The van der Waals surface area contributed by atoms with Crippen LogP contribution < -0.4 is 5.32 Å². The number of nitrogens with one attached hydrogen (secondary N) is 1. The van der Waals surface area contributed by atoms with Crippen LogP contribution in [0.4, 0.5) is 0 Å². The van der Waals surface area contributed by atoms with Crippen LogP contribution in [0.15, 0.2) is 25.3 Å². The van der Waals surface area contributed by atoms with Crippen LogP contribution in [0, 0.1) is 0 Å². The van der Waals surface area contributed by atoms with Gasteiger partial charge in [0.1, 0.15) is 0 Å². The van der Waals surface area contributed by atoms with E-state index in [1.807, 2.05) is 0 Å². The molecule has 0 aromatic carbocycles. The third-order valence-corrected chi connectivity index (χ3v) is 3.82. The van der Waals surface area contributed by atoms with Gasteiger partial charge in [0.05, 0.1) is 19.1 Å². The van der Waals surface area contributed by atoms with Crippen molar-refractivity contribution >= 4 is 35.5 Å². The van der Waals surface area contributed by atoms with Gasteiger partial charge in [-0.1, -0.05) is 13.2 Å². The first-order chi connectivity index (χ1) is 11.3. The molecule has 0 aliphatic rings. The van der Waals surface area contributed by atoms with Crippen LogP contribution in [0.25, 0.3) is 0 Å². The summed E-state index contributed by atoms with van der Waals surface area (Å²) in [5.41, 5.74) is 0. The number of carboxylic acids is 1. The van der Waals surface area contributed by atoms with Crippen LogP contribution in [0.3, 0.4) is 0 Å². The van der Waals surface area contributed by atoms with Crippen molar-refractivity contribution in [1.82, 2.24) is 15.1 Å². The molecule has 3 amide bonds. The highest BCUT2D eigenvalue weighted by atomic mass is 32.2. The average Bonchev–Trinajstić information content (AvgIpc) is 2.57. The highest BCUT2D eigenvalue weighted by Gasteiger charge is 2.18. The first-order valence-electron chi connectivity index (χ1n) is 7.24. The zero-order valence-corrected chi connectivity index (χ0v) is 14.5. The van der Waals surface area contributed by atoms with Crippen molar-refractivity contribution in [1.29, 1.82) is 0 Å². The van der Waals surface area contributed by atoms with Crippen molar-refractivity contribution in [3.63, 3.8) is 0 Å². The number of thioether (sulfide) groups is 1. The third kappa shape index (κ3) is 8.99. The van der Waals surface area contributed by atoms with E-state index in [0.717, 1.165) is 23.9 Å². The first kappa shape index (κ1) is 21.7. The van der Waals surface area contributed by atoms with Crippen LogP contribution in [0.1, 0.15) is 13.3 Å². The summed E-state index contributed by atoms with van der Waals surface area (Å²) < 4.78 is 0. The molecule has 0 aliphatic heterocycles. The van der Waals surface area contributed by atoms with Gasteiger partial charge < -0.3 is 20.2 Å². The monoisotopic (exact) mass is 357 g/mol. The van der Waals surface area contributed by atoms with Gasteiger partial charge in [0.15, 0.2) is 0 Å². The first-order valence-corrected chi connectivity index (χ1v) is 8.40. The minimum atomic E-state index is -0.930. The number of amides is 3. The second-order valence-electron chi connectivity index (χ2n) is 4.57. The third-order valence-electron chi connectivity index (χ3n) is 2.88. The standard InChI is InChI=1S/C15H23N3O5S/c1-4-12(19)16-10-18(13(20)5-2)11-17(6-3)14(21)7-8-24-9-15(22)23/h4-5H,1-2,6-11H2,3H3,(H,16,19)(H,22,23). The molecule has 2 N–H and O–H groups in total. The Bertz CT molecular complexity index is 496. The Balaban J connectivity index is 4.62. The van der Waals surface area contributed by atoms with E-state index >= 15 is 0 Å². The van der Waals surface area contributed by atoms with Crippen LogP contribution in [0.5, 0.6) is 0 Å². The number of aliphatic carboxylic acids is 1. The molecule has 0 rings (SSSR count). The lowest BCUT2D eigenvalue weighted by Gasteiger charge is -2.29. The Labute approximate surface area is 145 Å². The number of carbonyl (C=O) groups is 4. The molecule has 0 saturated carbocycles. The minimum absolute atomic E-state index is 0.00120. The lowest BCUT2D eigenvalue weighted by atomic mass is 10.4. The van der Waals surface area contributed by atoms with E-state index in [2.05, 4.69) is 18.5 Å². The summed E-state index contributed by atoms with van der Waals surface area (Å²) in [7, 11) is 0. The second kappa shape index (κ2) is 12.2. The van der Waals surface area contributed by atoms with E-state index in [0.29, 0.717) is 12.3 Å². The Morgan fingerprint density at radius 3 is 2.33 bits per heavy atom. The maximum atomic E-state index is 12.2. The largest absolute Gasteiger partial charge is 0.481 e. The molecule has 0 aromatic heterocycles. The average molecular weight is 357 g/mol. The zero-order valence-electron chi connectivity index (χ0n) is 13.7. The molecule has 0 aliphatic carbocycles. The van der Waals surface area contributed by atoms with Crippen molar-refractivity contribution in [2.75, 3.05) is 31.4 Å². The van der Waals surface area contributed by atoms with Gasteiger partial charge in [0.2, 0.25) is 17.7 Å². The van der Waals surface area contributed by atoms with Crippen LogP contribution >= 0.6 is 11.8 Å². The van der Waals surface area contributed by atoms with Gasteiger partial charge in [-0.15, -0.1) is 11.8 Å². The van der Waals surface area contributed by atoms with Gasteiger partial charge in [-0.05, 0) is 19.1 Å². The van der Waals surface area contributed by atoms with E-state index in [1.165, 1.54) is 9.80 Å². The molecule has 0 saturated heterocycles. The van der Waals surface area contributed by atoms with Gasteiger partial charge in [0, 0.05) is 18.7 Å².